The molecule has 0 aliphatic heterocycles. The highest BCUT2D eigenvalue weighted by molar-refractivity contribution is 8.02. The van der Waals surface area contributed by atoms with Crippen molar-refractivity contribution in [3.63, 3.8) is 0 Å². The minimum absolute atomic E-state index is 0.0945. The summed E-state index contributed by atoms with van der Waals surface area (Å²) >= 11 is 2.94. The molecule has 1 unspecified atom stereocenters. The van der Waals surface area contributed by atoms with E-state index in [0.29, 0.717) is 13.1 Å². The maximum Gasteiger partial charge on any atom is 0.234 e. The van der Waals surface area contributed by atoms with Crippen LogP contribution in [-0.4, -0.2) is 35.1 Å². The number of nitrogens with one attached hydrogen (secondary N) is 2. The molecule has 2 N–H and O–H groups in total. The number of hydrogen-bond donors (Lipinski definition) is 2. The Hall–Kier alpha value is -1.60. The third-order valence-corrected chi connectivity index (χ3v) is 5.88. The summed E-state index contributed by atoms with van der Waals surface area (Å²) in [4.78, 5) is 29.1. The number of carbonyl (C=O) groups excluding carboxylic acids is 2. The summed E-state index contributed by atoms with van der Waals surface area (Å²) in [6.45, 7) is 7.29. The van der Waals surface area contributed by atoms with Gasteiger partial charge in [0, 0.05) is 19.5 Å². The van der Waals surface area contributed by atoms with Crippen LogP contribution in [-0.2, 0) is 9.59 Å². The van der Waals surface area contributed by atoms with Crippen LogP contribution in [0.25, 0.3) is 10.2 Å². The molecule has 5 nitrogen and oxygen atoms in total. The molecule has 0 aliphatic carbocycles. The van der Waals surface area contributed by atoms with Gasteiger partial charge in [0.1, 0.15) is 0 Å². The van der Waals surface area contributed by atoms with E-state index in [-0.39, 0.29) is 18.2 Å². The van der Waals surface area contributed by atoms with Crippen LogP contribution in [0.2, 0.25) is 0 Å². The van der Waals surface area contributed by atoms with Gasteiger partial charge in [-0.25, -0.2) is 4.98 Å². The van der Waals surface area contributed by atoms with Gasteiger partial charge in [-0.15, -0.1) is 11.3 Å². The number of amides is 2. The van der Waals surface area contributed by atoms with Crippen molar-refractivity contribution in [1.29, 1.82) is 0 Å². The molecule has 0 bridgehead atoms. The van der Waals surface area contributed by atoms with Crippen molar-refractivity contribution in [1.82, 2.24) is 15.6 Å². The van der Waals surface area contributed by atoms with Crippen molar-refractivity contribution in [3.8, 4) is 0 Å². The molecule has 0 saturated heterocycles. The van der Waals surface area contributed by atoms with E-state index in [1.165, 1.54) is 11.8 Å². The number of benzene rings is 1. The van der Waals surface area contributed by atoms with E-state index in [9.17, 15) is 9.59 Å². The van der Waals surface area contributed by atoms with Gasteiger partial charge in [-0.1, -0.05) is 31.7 Å². The molecule has 136 valence electrons. The van der Waals surface area contributed by atoms with Crippen LogP contribution in [0.1, 0.15) is 38.7 Å². The second kappa shape index (κ2) is 9.77. The van der Waals surface area contributed by atoms with Crippen molar-refractivity contribution in [2.75, 3.05) is 13.1 Å². The molecule has 2 rings (SSSR count). The summed E-state index contributed by atoms with van der Waals surface area (Å²) in [5.41, 5.74) is 2.10. The van der Waals surface area contributed by atoms with Crippen molar-refractivity contribution < 1.29 is 9.59 Å². The average Bonchev–Trinajstić information content (AvgIpc) is 2.98. The monoisotopic (exact) mass is 379 g/mol. The Morgan fingerprint density at radius 3 is 2.64 bits per heavy atom. The van der Waals surface area contributed by atoms with Gasteiger partial charge in [0.05, 0.1) is 15.5 Å². The van der Waals surface area contributed by atoms with Crippen molar-refractivity contribution in [2.45, 2.75) is 49.6 Å². The van der Waals surface area contributed by atoms with Gasteiger partial charge in [0.2, 0.25) is 11.8 Å². The lowest BCUT2D eigenvalue weighted by molar-refractivity contribution is -0.125. The van der Waals surface area contributed by atoms with Gasteiger partial charge in [-0.2, -0.15) is 0 Å². The van der Waals surface area contributed by atoms with Gasteiger partial charge in [0.25, 0.3) is 0 Å². The van der Waals surface area contributed by atoms with Crippen LogP contribution in [0.3, 0.4) is 0 Å². The number of carbonyl (C=O) groups is 2. The second-order valence-electron chi connectivity index (χ2n) is 5.90. The number of thioether (sulfide) groups is 1. The Labute approximate surface area is 157 Å². The Bertz CT molecular complexity index is 730. The topological polar surface area (TPSA) is 71.1 Å². The minimum atomic E-state index is -0.468. The molecule has 7 heteroatoms. The van der Waals surface area contributed by atoms with Crippen LogP contribution < -0.4 is 10.6 Å². The molecule has 1 heterocycles. The van der Waals surface area contributed by atoms with E-state index in [0.717, 1.165) is 33.0 Å². The highest BCUT2D eigenvalue weighted by Crippen LogP contribution is 2.33. The number of thiazole rings is 1. The fourth-order valence-corrected chi connectivity index (χ4v) is 4.55. The lowest BCUT2D eigenvalue weighted by Crippen LogP contribution is -2.37. The first-order valence-corrected chi connectivity index (χ1v) is 10.3. The molecule has 2 amide bonds. The summed E-state index contributed by atoms with van der Waals surface area (Å²) in [5, 5.41) is 5.27. The number of nitrogens with zero attached hydrogens (tertiary/aromatic N) is 1. The number of aromatic nitrogens is 1. The molecule has 25 heavy (non-hydrogen) atoms. The molecular formula is C18H25N3O2S2. The molecule has 1 atom stereocenters. The van der Waals surface area contributed by atoms with Gasteiger partial charge in [-0.05, 0) is 37.5 Å². The smallest absolute Gasteiger partial charge is 0.234 e. The first-order chi connectivity index (χ1) is 12.0. The molecule has 0 aliphatic rings. The molecular weight excluding hydrogens is 354 g/mol. The standard InChI is InChI=1S/C18H25N3O2S2/c1-4-8-19-16(22)11-15(17(23)20-9-5-2)25-18-21-13-10-12(3)6-7-14(13)24-18/h6-7,10,15H,4-5,8-9,11H2,1-3H3,(H,19,22)(H,20,23). The summed E-state index contributed by atoms with van der Waals surface area (Å²) < 4.78 is 1.91. The predicted octanol–water partition coefficient (Wildman–Crippen LogP) is 3.51. The van der Waals surface area contributed by atoms with E-state index in [4.69, 9.17) is 0 Å². The highest BCUT2D eigenvalue weighted by Gasteiger charge is 2.24. The summed E-state index contributed by atoms with van der Waals surface area (Å²) in [6.07, 6.45) is 1.91. The highest BCUT2D eigenvalue weighted by atomic mass is 32.2. The van der Waals surface area contributed by atoms with Gasteiger partial charge in [0.15, 0.2) is 4.34 Å². The maximum atomic E-state index is 12.4. The largest absolute Gasteiger partial charge is 0.356 e. The molecule has 2 aromatic rings. The summed E-state index contributed by atoms with van der Waals surface area (Å²) in [6, 6.07) is 6.14. The second-order valence-corrected chi connectivity index (χ2v) is 8.38. The summed E-state index contributed by atoms with van der Waals surface area (Å²) in [5.74, 6) is -0.197. The number of rotatable bonds is 9. The number of fused-ring (bicyclic) bond motifs is 1. The molecule has 1 aromatic carbocycles. The van der Waals surface area contributed by atoms with E-state index in [2.05, 4.69) is 21.7 Å². The van der Waals surface area contributed by atoms with Crippen molar-refractivity contribution >= 4 is 45.1 Å². The third kappa shape index (κ3) is 6.01. The molecule has 0 radical (unpaired) electrons. The van der Waals surface area contributed by atoms with Gasteiger partial charge < -0.3 is 10.6 Å². The lowest BCUT2D eigenvalue weighted by atomic mass is 10.2. The third-order valence-electron chi connectivity index (χ3n) is 3.55. The Kier molecular flexibility index (Phi) is 7.71. The quantitative estimate of drug-likeness (QED) is 0.654. The summed E-state index contributed by atoms with van der Waals surface area (Å²) in [7, 11) is 0. The maximum absolute atomic E-state index is 12.4. The van der Waals surface area contributed by atoms with Crippen LogP contribution in [0.5, 0.6) is 0 Å². The molecule has 1 aromatic heterocycles. The van der Waals surface area contributed by atoms with E-state index in [1.54, 1.807) is 11.3 Å². The van der Waals surface area contributed by atoms with Crippen LogP contribution in [0, 0.1) is 6.92 Å². The van der Waals surface area contributed by atoms with Crippen molar-refractivity contribution in [3.05, 3.63) is 23.8 Å². The van der Waals surface area contributed by atoms with E-state index < -0.39 is 5.25 Å². The van der Waals surface area contributed by atoms with Crippen LogP contribution >= 0.6 is 23.1 Å². The zero-order valence-electron chi connectivity index (χ0n) is 14.9. The molecule has 0 fully saturated rings. The fourth-order valence-electron chi connectivity index (χ4n) is 2.24. The zero-order chi connectivity index (χ0) is 18.2. The SMILES string of the molecule is CCCNC(=O)CC(Sc1nc2cc(C)ccc2s1)C(=O)NCCC. The Morgan fingerprint density at radius 2 is 1.92 bits per heavy atom. The number of aryl methyl sites for hydroxylation is 1. The van der Waals surface area contributed by atoms with Crippen LogP contribution in [0.4, 0.5) is 0 Å². The lowest BCUT2D eigenvalue weighted by Gasteiger charge is -2.14. The van der Waals surface area contributed by atoms with Crippen LogP contribution in [0.15, 0.2) is 22.5 Å². The molecule has 0 saturated carbocycles. The Morgan fingerprint density at radius 1 is 1.20 bits per heavy atom. The van der Waals surface area contributed by atoms with E-state index >= 15 is 0 Å². The normalized spacial score (nSPS) is 12.1. The Balaban J connectivity index is 2.12. The molecule has 0 spiro atoms. The van der Waals surface area contributed by atoms with Gasteiger partial charge >= 0.3 is 0 Å². The van der Waals surface area contributed by atoms with Crippen molar-refractivity contribution in [2.24, 2.45) is 0 Å². The first-order valence-electron chi connectivity index (χ1n) is 8.61. The van der Waals surface area contributed by atoms with Gasteiger partial charge in [-0.3, -0.25) is 9.59 Å². The average molecular weight is 380 g/mol. The fraction of sp³-hybridized carbons (Fsp3) is 0.500. The minimum Gasteiger partial charge on any atom is -0.356 e. The number of hydrogen-bond acceptors (Lipinski definition) is 5. The zero-order valence-corrected chi connectivity index (χ0v) is 16.6. The first kappa shape index (κ1) is 19.7. The predicted molar refractivity (Wildman–Crippen MR) is 105 cm³/mol. The van der Waals surface area contributed by atoms with E-state index in [1.807, 2.05) is 32.9 Å².